The van der Waals surface area contributed by atoms with Crippen molar-refractivity contribution in [2.75, 3.05) is 19.1 Å². The van der Waals surface area contributed by atoms with Crippen molar-refractivity contribution in [1.82, 2.24) is 9.78 Å². The van der Waals surface area contributed by atoms with Crippen LogP contribution in [0.5, 0.6) is 0 Å². The number of nitrogens with zero attached hydrogens (tertiary/aromatic N) is 3. The van der Waals surface area contributed by atoms with Crippen LogP contribution in [0.2, 0.25) is 0 Å². The number of aryl methyl sites for hydroxylation is 1. The lowest BCUT2D eigenvalue weighted by molar-refractivity contribution is -0.386. The SMILES string of the molecule is Cc1nn(CCOCCCl)c(C)c1[N+](=O)[O-]. The second-order valence-electron chi connectivity index (χ2n) is 3.30. The van der Waals surface area contributed by atoms with E-state index in [2.05, 4.69) is 5.10 Å². The Morgan fingerprint density at radius 1 is 1.50 bits per heavy atom. The number of halogens is 1. The highest BCUT2D eigenvalue weighted by Gasteiger charge is 2.21. The van der Waals surface area contributed by atoms with Gasteiger partial charge in [-0.25, -0.2) is 0 Å². The lowest BCUT2D eigenvalue weighted by Gasteiger charge is -2.03. The molecule has 0 aromatic carbocycles. The van der Waals surface area contributed by atoms with Crippen molar-refractivity contribution < 1.29 is 9.66 Å². The monoisotopic (exact) mass is 247 g/mol. The Morgan fingerprint density at radius 2 is 2.19 bits per heavy atom. The Morgan fingerprint density at radius 3 is 2.69 bits per heavy atom. The van der Waals surface area contributed by atoms with Crippen LogP contribution in [0.3, 0.4) is 0 Å². The van der Waals surface area contributed by atoms with E-state index < -0.39 is 4.92 Å². The molecule has 90 valence electrons. The van der Waals surface area contributed by atoms with Gasteiger partial charge in [0.15, 0.2) is 0 Å². The average Bonchev–Trinajstić information content (AvgIpc) is 2.49. The fourth-order valence-corrected chi connectivity index (χ4v) is 1.59. The van der Waals surface area contributed by atoms with E-state index in [1.165, 1.54) is 0 Å². The van der Waals surface area contributed by atoms with Crippen LogP contribution in [-0.2, 0) is 11.3 Å². The van der Waals surface area contributed by atoms with Crippen LogP contribution in [0.25, 0.3) is 0 Å². The lowest BCUT2D eigenvalue weighted by Crippen LogP contribution is -2.10. The maximum absolute atomic E-state index is 10.7. The number of aromatic nitrogens is 2. The molecule has 0 aliphatic carbocycles. The molecule has 7 heteroatoms. The molecule has 1 aromatic heterocycles. The van der Waals surface area contributed by atoms with Gasteiger partial charge < -0.3 is 4.74 Å². The quantitative estimate of drug-likeness (QED) is 0.332. The Balaban J connectivity index is 2.67. The van der Waals surface area contributed by atoms with Gasteiger partial charge in [0.1, 0.15) is 11.4 Å². The zero-order valence-electron chi connectivity index (χ0n) is 9.27. The number of rotatable bonds is 6. The van der Waals surface area contributed by atoms with Crippen molar-refractivity contribution in [2.24, 2.45) is 0 Å². The summed E-state index contributed by atoms with van der Waals surface area (Å²) in [4.78, 5) is 10.3. The molecular formula is C9H14ClN3O3. The molecule has 0 spiro atoms. The predicted molar refractivity (Wildman–Crippen MR) is 59.9 cm³/mol. The first-order valence-corrected chi connectivity index (χ1v) is 5.43. The summed E-state index contributed by atoms with van der Waals surface area (Å²) < 4.78 is 6.77. The number of nitro groups is 1. The summed E-state index contributed by atoms with van der Waals surface area (Å²) in [6.07, 6.45) is 0. The van der Waals surface area contributed by atoms with Crippen molar-refractivity contribution in [2.45, 2.75) is 20.4 Å². The summed E-state index contributed by atoms with van der Waals surface area (Å²) in [5, 5.41) is 14.8. The van der Waals surface area contributed by atoms with E-state index in [4.69, 9.17) is 16.3 Å². The van der Waals surface area contributed by atoms with Crippen molar-refractivity contribution in [3.8, 4) is 0 Å². The third kappa shape index (κ3) is 2.93. The molecule has 0 radical (unpaired) electrons. The topological polar surface area (TPSA) is 70.2 Å². The molecule has 0 bridgehead atoms. The molecule has 0 aliphatic rings. The summed E-state index contributed by atoms with van der Waals surface area (Å²) in [6.45, 7) is 4.73. The highest BCUT2D eigenvalue weighted by molar-refractivity contribution is 6.17. The summed E-state index contributed by atoms with van der Waals surface area (Å²) in [5.74, 6) is 0.442. The van der Waals surface area contributed by atoms with E-state index in [1.807, 2.05) is 0 Å². The van der Waals surface area contributed by atoms with Crippen LogP contribution >= 0.6 is 11.6 Å². The van der Waals surface area contributed by atoms with E-state index in [0.717, 1.165) is 0 Å². The second-order valence-corrected chi connectivity index (χ2v) is 3.68. The number of hydrogen-bond donors (Lipinski definition) is 0. The third-order valence-corrected chi connectivity index (χ3v) is 2.35. The molecule has 6 nitrogen and oxygen atoms in total. The molecule has 1 heterocycles. The van der Waals surface area contributed by atoms with Gasteiger partial charge >= 0.3 is 5.69 Å². The first kappa shape index (κ1) is 12.9. The van der Waals surface area contributed by atoms with Crippen molar-refractivity contribution in [3.63, 3.8) is 0 Å². The largest absolute Gasteiger partial charge is 0.378 e. The van der Waals surface area contributed by atoms with Crippen LogP contribution in [0.1, 0.15) is 11.4 Å². The summed E-state index contributed by atoms with van der Waals surface area (Å²) in [7, 11) is 0. The van der Waals surface area contributed by atoms with Gasteiger partial charge in [-0.1, -0.05) is 0 Å². The van der Waals surface area contributed by atoms with Crippen molar-refractivity contribution in [1.29, 1.82) is 0 Å². The van der Waals surface area contributed by atoms with Crippen LogP contribution < -0.4 is 0 Å². The smallest absolute Gasteiger partial charge is 0.312 e. The predicted octanol–water partition coefficient (Wildman–Crippen LogP) is 1.66. The minimum Gasteiger partial charge on any atom is -0.378 e. The Hall–Kier alpha value is -1.14. The van der Waals surface area contributed by atoms with Crippen LogP contribution in [0, 0.1) is 24.0 Å². The molecule has 0 atom stereocenters. The van der Waals surface area contributed by atoms with Gasteiger partial charge in [0.2, 0.25) is 0 Å². The molecule has 0 saturated heterocycles. The highest BCUT2D eigenvalue weighted by atomic mass is 35.5. The summed E-state index contributed by atoms with van der Waals surface area (Å²) >= 11 is 5.45. The van der Waals surface area contributed by atoms with Gasteiger partial charge in [0, 0.05) is 5.88 Å². The molecule has 0 fully saturated rings. The standard InChI is InChI=1S/C9H14ClN3O3/c1-7-9(13(14)15)8(2)12(11-7)4-6-16-5-3-10/h3-6H2,1-2H3. The Labute approximate surface area is 98.3 Å². The lowest BCUT2D eigenvalue weighted by atomic mass is 10.3. The number of ether oxygens (including phenoxy) is 1. The first-order chi connectivity index (χ1) is 7.57. The van der Waals surface area contributed by atoms with Gasteiger partial charge in [0.05, 0.1) is 24.7 Å². The van der Waals surface area contributed by atoms with Gasteiger partial charge in [-0.05, 0) is 13.8 Å². The Kier molecular flexibility index (Phi) is 4.70. The van der Waals surface area contributed by atoms with Crippen molar-refractivity contribution >= 4 is 17.3 Å². The third-order valence-electron chi connectivity index (χ3n) is 2.19. The average molecular weight is 248 g/mol. The molecule has 0 unspecified atom stereocenters. The Bertz CT molecular complexity index is 378. The molecule has 0 aliphatic heterocycles. The molecule has 0 saturated carbocycles. The van der Waals surface area contributed by atoms with Crippen LogP contribution in [0.15, 0.2) is 0 Å². The minimum atomic E-state index is -0.409. The molecule has 0 amide bonds. The van der Waals surface area contributed by atoms with E-state index in [1.54, 1.807) is 18.5 Å². The zero-order chi connectivity index (χ0) is 12.1. The van der Waals surface area contributed by atoms with Crippen molar-refractivity contribution in [3.05, 3.63) is 21.5 Å². The summed E-state index contributed by atoms with van der Waals surface area (Å²) in [5.41, 5.74) is 1.06. The molecule has 16 heavy (non-hydrogen) atoms. The highest BCUT2D eigenvalue weighted by Crippen LogP contribution is 2.21. The fourth-order valence-electron chi connectivity index (χ4n) is 1.48. The van der Waals surface area contributed by atoms with Gasteiger partial charge in [-0.15, -0.1) is 11.6 Å². The van der Waals surface area contributed by atoms with E-state index in [0.29, 0.717) is 37.0 Å². The molecule has 0 N–H and O–H groups in total. The normalized spacial score (nSPS) is 10.7. The molecule has 1 aromatic rings. The van der Waals surface area contributed by atoms with Gasteiger partial charge in [-0.2, -0.15) is 5.10 Å². The van der Waals surface area contributed by atoms with E-state index in [9.17, 15) is 10.1 Å². The number of alkyl halides is 1. The number of hydrogen-bond acceptors (Lipinski definition) is 4. The molecule has 1 rings (SSSR count). The van der Waals surface area contributed by atoms with Crippen LogP contribution in [0.4, 0.5) is 5.69 Å². The van der Waals surface area contributed by atoms with E-state index >= 15 is 0 Å². The maximum atomic E-state index is 10.7. The maximum Gasteiger partial charge on any atom is 0.312 e. The first-order valence-electron chi connectivity index (χ1n) is 4.90. The molecular weight excluding hydrogens is 234 g/mol. The second kappa shape index (κ2) is 5.81. The zero-order valence-corrected chi connectivity index (χ0v) is 10.0. The summed E-state index contributed by atoms with van der Waals surface area (Å²) in [6, 6.07) is 0. The van der Waals surface area contributed by atoms with Gasteiger partial charge in [-0.3, -0.25) is 14.8 Å². The van der Waals surface area contributed by atoms with Gasteiger partial charge in [0.25, 0.3) is 0 Å². The fraction of sp³-hybridized carbons (Fsp3) is 0.667. The minimum absolute atomic E-state index is 0.0809. The van der Waals surface area contributed by atoms with Crippen LogP contribution in [-0.4, -0.2) is 33.8 Å². The van der Waals surface area contributed by atoms with E-state index in [-0.39, 0.29) is 5.69 Å².